The average molecular weight is 244 g/mol. The Morgan fingerprint density at radius 1 is 1.50 bits per heavy atom. The monoisotopic (exact) mass is 243 g/mol. The maximum absolute atomic E-state index is 13.3. The molecule has 0 atom stereocenters. The maximum Gasteiger partial charge on any atom is 0.255 e. The zero-order chi connectivity index (χ0) is 12.1. The average Bonchev–Trinajstić information content (AvgIpc) is 2.16. The molecule has 0 aromatic heterocycles. The van der Waals surface area contributed by atoms with E-state index in [-0.39, 0.29) is 10.6 Å². The molecule has 0 saturated carbocycles. The Kier molecular flexibility index (Phi) is 4.74. The number of amides is 1. The van der Waals surface area contributed by atoms with Crippen molar-refractivity contribution >= 4 is 17.5 Å². The van der Waals surface area contributed by atoms with E-state index in [1.807, 2.05) is 0 Å². The maximum atomic E-state index is 13.3. The van der Waals surface area contributed by atoms with Crippen LogP contribution in [0, 0.1) is 11.7 Å². The van der Waals surface area contributed by atoms with Crippen molar-refractivity contribution < 1.29 is 9.18 Å². The van der Waals surface area contributed by atoms with Crippen LogP contribution in [-0.4, -0.2) is 12.5 Å². The summed E-state index contributed by atoms with van der Waals surface area (Å²) in [6, 6.07) is 4.20. The number of halogens is 2. The molecule has 0 bridgehead atoms. The molecule has 16 heavy (non-hydrogen) atoms. The van der Waals surface area contributed by atoms with E-state index in [1.54, 1.807) is 0 Å². The van der Waals surface area contributed by atoms with Crippen LogP contribution in [-0.2, 0) is 0 Å². The molecule has 0 heterocycles. The van der Waals surface area contributed by atoms with Crippen LogP contribution < -0.4 is 5.32 Å². The molecule has 0 aliphatic carbocycles. The van der Waals surface area contributed by atoms with Gasteiger partial charge in [0.25, 0.3) is 5.91 Å². The number of hydrogen-bond acceptors (Lipinski definition) is 1. The van der Waals surface area contributed by atoms with Crippen LogP contribution >= 0.6 is 11.6 Å². The molecule has 1 aromatic carbocycles. The molecular formula is C12H15ClFNO. The fourth-order valence-corrected chi connectivity index (χ4v) is 1.53. The highest BCUT2D eigenvalue weighted by Crippen LogP contribution is 2.18. The molecule has 1 amide bonds. The van der Waals surface area contributed by atoms with Gasteiger partial charge in [0, 0.05) is 6.54 Å². The lowest BCUT2D eigenvalue weighted by Crippen LogP contribution is -2.26. The summed E-state index contributed by atoms with van der Waals surface area (Å²) in [7, 11) is 0. The van der Waals surface area contributed by atoms with Gasteiger partial charge in [-0.3, -0.25) is 4.79 Å². The van der Waals surface area contributed by atoms with Crippen molar-refractivity contribution in [1.29, 1.82) is 0 Å². The van der Waals surface area contributed by atoms with Crippen molar-refractivity contribution in [2.75, 3.05) is 6.54 Å². The Bertz CT molecular complexity index is 359. The summed E-state index contributed by atoms with van der Waals surface area (Å²) >= 11 is 5.77. The first-order valence-corrected chi connectivity index (χ1v) is 5.62. The topological polar surface area (TPSA) is 29.1 Å². The summed E-state index contributed by atoms with van der Waals surface area (Å²) in [5.41, 5.74) is -0.0760. The number of hydrogen-bond donors (Lipinski definition) is 1. The van der Waals surface area contributed by atoms with Crippen molar-refractivity contribution in [3.05, 3.63) is 34.6 Å². The van der Waals surface area contributed by atoms with Crippen LogP contribution in [0.2, 0.25) is 5.02 Å². The van der Waals surface area contributed by atoms with Crippen molar-refractivity contribution in [3.8, 4) is 0 Å². The van der Waals surface area contributed by atoms with Crippen LogP contribution in [0.15, 0.2) is 18.2 Å². The number of carbonyl (C=O) groups excluding carboxylic acids is 1. The van der Waals surface area contributed by atoms with Gasteiger partial charge in [-0.15, -0.1) is 0 Å². The van der Waals surface area contributed by atoms with Crippen molar-refractivity contribution in [3.63, 3.8) is 0 Å². The molecule has 0 fully saturated rings. The zero-order valence-electron chi connectivity index (χ0n) is 9.39. The lowest BCUT2D eigenvalue weighted by atomic mass is 10.1. The van der Waals surface area contributed by atoms with Gasteiger partial charge in [0.05, 0.1) is 10.6 Å². The Morgan fingerprint density at radius 2 is 2.19 bits per heavy atom. The van der Waals surface area contributed by atoms with Gasteiger partial charge in [0.2, 0.25) is 0 Å². The van der Waals surface area contributed by atoms with Crippen LogP contribution in [0.5, 0.6) is 0 Å². The number of carbonyl (C=O) groups is 1. The Morgan fingerprint density at radius 3 is 2.75 bits per heavy atom. The molecule has 0 saturated heterocycles. The highest BCUT2D eigenvalue weighted by atomic mass is 35.5. The minimum absolute atomic E-state index is 0.0760. The molecule has 0 aliphatic rings. The molecule has 2 nitrogen and oxygen atoms in total. The molecule has 1 rings (SSSR count). The summed E-state index contributed by atoms with van der Waals surface area (Å²) < 4.78 is 13.3. The van der Waals surface area contributed by atoms with Gasteiger partial charge in [-0.2, -0.15) is 0 Å². The lowest BCUT2D eigenvalue weighted by molar-refractivity contribution is 0.0948. The second-order valence-corrected chi connectivity index (χ2v) is 4.44. The van der Waals surface area contributed by atoms with E-state index in [9.17, 15) is 9.18 Å². The largest absolute Gasteiger partial charge is 0.352 e. The van der Waals surface area contributed by atoms with Gasteiger partial charge in [-0.25, -0.2) is 4.39 Å². The third kappa shape index (κ3) is 3.49. The van der Waals surface area contributed by atoms with E-state index in [0.29, 0.717) is 12.5 Å². The molecule has 0 spiro atoms. The van der Waals surface area contributed by atoms with Gasteiger partial charge in [0.1, 0.15) is 5.82 Å². The molecule has 0 aliphatic heterocycles. The number of nitrogens with one attached hydrogen (secondary N) is 1. The predicted molar refractivity (Wildman–Crippen MR) is 63.2 cm³/mol. The Labute approximate surface area is 99.8 Å². The van der Waals surface area contributed by atoms with Crippen LogP contribution in [0.1, 0.15) is 30.6 Å². The SMILES string of the molecule is CC(C)CCNC(=O)c1c(F)cccc1Cl. The van der Waals surface area contributed by atoms with Crippen LogP contribution in [0.25, 0.3) is 0 Å². The smallest absolute Gasteiger partial charge is 0.255 e. The van der Waals surface area contributed by atoms with Gasteiger partial charge in [-0.1, -0.05) is 31.5 Å². The minimum atomic E-state index is -0.588. The van der Waals surface area contributed by atoms with Gasteiger partial charge < -0.3 is 5.32 Å². The van der Waals surface area contributed by atoms with E-state index in [0.717, 1.165) is 6.42 Å². The second-order valence-electron chi connectivity index (χ2n) is 4.04. The summed E-state index contributed by atoms with van der Waals surface area (Å²) in [5, 5.41) is 2.79. The summed E-state index contributed by atoms with van der Waals surface area (Å²) in [6.07, 6.45) is 0.859. The first-order valence-electron chi connectivity index (χ1n) is 5.24. The molecule has 88 valence electrons. The Hall–Kier alpha value is -1.09. The standard InChI is InChI=1S/C12H15ClFNO/c1-8(2)6-7-15-12(16)11-9(13)4-3-5-10(11)14/h3-5,8H,6-7H2,1-2H3,(H,15,16). The summed E-state index contributed by atoms with van der Waals surface area (Å²) in [5.74, 6) is -0.547. The molecule has 1 N–H and O–H groups in total. The fraction of sp³-hybridized carbons (Fsp3) is 0.417. The van der Waals surface area contributed by atoms with Crippen molar-refractivity contribution in [2.24, 2.45) is 5.92 Å². The predicted octanol–water partition coefficient (Wildman–Crippen LogP) is 3.26. The quantitative estimate of drug-likeness (QED) is 0.864. The molecular weight excluding hydrogens is 229 g/mol. The van der Waals surface area contributed by atoms with Gasteiger partial charge in [0.15, 0.2) is 0 Å². The van der Waals surface area contributed by atoms with Crippen molar-refractivity contribution in [1.82, 2.24) is 5.32 Å². The first-order chi connectivity index (χ1) is 7.52. The minimum Gasteiger partial charge on any atom is -0.352 e. The number of benzene rings is 1. The second kappa shape index (κ2) is 5.85. The lowest BCUT2D eigenvalue weighted by Gasteiger charge is -2.08. The van der Waals surface area contributed by atoms with Gasteiger partial charge in [-0.05, 0) is 24.5 Å². The molecule has 4 heteroatoms. The van der Waals surface area contributed by atoms with Crippen LogP contribution in [0.4, 0.5) is 4.39 Å². The van der Waals surface area contributed by atoms with E-state index < -0.39 is 11.7 Å². The third-order valence-electron chi connectivity index (χ3n) is 2.20. The van der Waals surface area contributed by atoms with E-state index in [4.69, 9.17) is 11.6 Å². The Balaban J connectivity index is 2.66. The van der Waals surface area contributed by atoms with Crippen molar-refractivity contribution in [2.45, 2.75) is 20.3 Å². The third-order valence-corrected chi connectivity index (χ3v) is 2.51. The highest BCUT2D eigenvalue weighted by Gasteiger charge is 2.14. The summed E-state index contributed by atoms with van der Waals surface area (Å²) in [4.78, 5) is 11.6. The van der Waals surface area contributed by atoms with E-state index in [2.05, 4.69) is 19.2 Å². The van der Waals surface area contributed by atoms with E-state index in [1.165, 1.54) is 18.2 Å². The highest BCUT2D eigenvalue weighted by molar-refractivity contribution is 6.33. The van der Waals surface area contributed by atoms with Gasteiger partial charge >= 0.3 is 0 Å². The molecule has 0 radical (unpaired) electrons. The molecule has 1 aromatic rings. The summed E-state index contributed by atoms with van der Waals surface area (Å²) in [6.45, 7) is 4.64. The first kappa shape index (κ1) is 13.0. The fourth-order valence-electron chi connectivity index (χ4n) is 1.28. The van der Waals surface area contributed by atoms with E-state index >= 15 is 0 Å². The number of rotatable bonds is 4. The molecule has 0 unspecified atom stereocenters. The normalized spacial score (nSPS) is 10.6. The zero-order valence-corrected chi connectivity index (χ0v) is 10.1. The van der Waals surface area contributed by atoms with Crippen LogP contribution in [0.3, 0.4) is 0 Å².